The molecule has 5 N–H and O–H groups in total. The molecule has 0 fully saturated rings. The van der Waals surface area contributed by atoms with Crippen LogP contribution in [0.15, 0.2) is 78.9 Å². The summed E-state index contributed by atoms with van der Waals surface area (Å²) in [6.45, 7) is 0. The van der Waals surface area contributed by atoms with Crippen LogP contribution >= 0.6 is 0 Å². The monoisotopic (exact) mass is 302 g/mol. The number of hydrogen-bond donors (Lipinski definition) is 3. The molecule has 114 valence electrons. The summed E-state index contributed by atoms with van der Waals surface area (Å²) < 4.78 is 0. The lowest BCUT2D eigenvalue weighted by atomic mass is 10.1. The summed E-state index contributed by atoms with van der Waals surface area (Å²) in [5, 5.41) is 13.6. The van der Waals surface area contributed by atoms with Crippen LogP contribution < -0.4 is 11.5 Å². The van der Waals surface area contributed by atoms with Crippen molar-refractivity contribution < 1.29 is 5.11 Å². The molecule has 3 nitrogen and oxygen atoms in total. The predicted octanol–water partition coefficient (Wildman–Crippen LogP) is 4.55. The van der Waals surface area contributed by atoms with Crippen molar-refractivity contribution in [1.29, 1.82) is 0 Å². The second-order valence-electron chi connectivity index (χ2n) is 5.29. The number of fused-ring (bicyclic) bond motifs is 2. The molecular formula is C20H18N2O. The molecule has 0 unspecified atom stereocenters. The van der Waals surface area contributed by atoms with Crippen LogP contribution in [0.4, 0.5) is 11.4 Å². The van der Waals surface area contributed by atoms with Gasteiger partial charge in [0.2, 0.25) is 0 Å². The first-order valence-electron chi connectivity index (χ1n) is 7.36. The van der Waals surface area contributed by atoms with Crippen molar-refractivity contribution in [2.45, 2.75) is 0 Å². The normalized spacial score (nSPS) is 10.3. The molecule has 0 aliphatic heterocycles. The highest BCUT2D eigenvalue weighted by Gasteiger charge is 2.00. The highest BCUT2D eigenvalue weighted by molar-refractivity contribution is 5.95. The van der Waals surface area contributed by atoms with E-state index in [0.29, 0.717) is 5.69 Å². The van der Waals surface area contributed by atoms with E-state index < -0.39 is 0 Å². The molecule has 0 heterocycles. The number of nitrogens with two attached hydrogens (primary N) is 2. The summed E-state index contributed by atoms with van der Waals surface area (Å²) in [4.78, 5) is 0. The van der Waals surface area contributed by atoms with Crippen LogP contribution in [0.2, 0.25) is 0 Å². The number of anilines is 2. The number of hydrogen-bond acceptors (Lipinski definition) is 3. The molecule has 23 heavy (non-hydrogen) atoms. The van der Waals surface area contributed by atoms with Gasteiger partial charge in [-0.3, -0.25) is 0 Å². The zero-order valence-electron chi connectivity index (χ0n) is 12.6. The predicted molar refractivity (Wildman–Crippen MR) is 98.4 cm³/mol. The average Bonchev–Trinajstić information content (AvgIpc) is 2.60. The van der Waals surface area contributed by atoms with Gasteiger partial charge in [0.15, 0.2) is 0 Å². The minimum Gasteiger partial charge on any atom is -0.506 e. The largest absolute Gasteiger partial charge is 0.506 e. The van der Waals surface area contributed by atoms with E-state index in [9.17, 15) is 5.11 Å². The Bertz CT molecular complexity index is 958. The van der Waals surface area contributed by atoms with Gasteiger partial charge in [-0.15, -0.1) is 0 Å². The summed E-state index contributed by atoms with van der Waals surface area (Å²) in [7, 11) is 0. The fourth-order valence-corrected chi connectivity index (χ4v) is 2.53. The molecule has 0 aliphatic rings. The summed E-state index contributed by atoms with van der Waals surface area (Å²) in [5.41, 5.74) is 12.7. The van der Waals surface area contributed by atoms with Crippen molar-refractivity contribution in [3.63, 3.8) is 0 Å². The van der Waals surface area contributed by atoms with Gasteiger partial charge < -0.3 is 16.6 Å². The van der Waals surface area contributed by atoms with Crippen LogP contribution in [0.1, 0.15) is 0 Å². The standard InChI is InChI=1S/C10H9NO.C10H9N/c11-10-8-4-2-1-3-7(8)5-6-9(10)12;11-10-7-3-5-8-4-1-2-6-9(8)10/h1-6,12H,11H2;1-7H,11H2. The van der Waals surface area contributed by atoms with Crippen molar-refractivity contribution in [3.05, 3.63) is 78.9 Å². The third-order valence-corrected chi connectivity index (χ3v) is 3.77. The zero-order chi connectivity index (χ0) is 16.2. The van der Waals surface area contributed by atoms with Gasteiger partial charge in [0, 0.05) is 16.5 Å². The van der Waals surface area contributed by atoms with E-state index in [0.717, 1.165) is 21.8 Å². The van der Waals surface area contributed by atoms with Crippen LogP contribution in [-0.2, 0) is 0 Å². The summed E-state index contributed by atoms with van der Waals surface area (Å²) in [5.74, 6) is 0.147. The lowest BCUT2D eigenvalue weighted by Crippen LogP contribution is -1.86. The third kappa shape index (κ3) is 3.04. The van der Waals surface area contributed by atoms with Crippen LogP contribution in [-0.4, -0.2) is 5.11 Å². The van der Waals surface area contributed by atoms with E-state index in [1.54, 1.807) is 6.07 Å². The quantitative estimate of drug-likeness (QED) is 0.329. The summed E-state index contributed by atoms with van der Waals surface area (Å²) in [6, 6.07) is 25.2. The topological polar surface area (TPSA) is 72.3 Å². The van der Waals surface area contributed by atoms with E-state index in [1.807, 2.05) is 60.7 Å². The Labute approximate surface area is 134 Å². The lowest BCUT2D eigenvalue weighted by Gasteiger charge is -2.02. The number of nitrogen functional groups attached to an aromatic ring is 2. The van der Waals surface area contributed by atoms with E-state index >= 15 is 0 Å². The molecule has 0 atom stereocenters. The molecular weight excluding hydrogens is 284 g/mol. The van der Waals surface area contributed by atoms with Crippen molar-refractivity contribution in [3.8, 4) is 5.75 Å². The molecule has 0 spiro atoms. The fourth-order valence-electron chi connectivity index (χ4n) is 2.53. The lowest BCUT2D eigenvalue weighted by molar-refractivity contribution is 0.478. The van der Waals surface area contributed by atoms with Gasteiger partial charge in [0.1, 0.15) is 5.75 Å². The molecule has 0 saturated carbocycles. The maximum atomic E-state index is 9.29. The number of rotatable bonds is 0. The van der Waals surface area contributed by atoms with Crippen molar-refractivity contribution in [2.24, 2.45) is 0 Å². The van der Waals surface area contributed by atoms with Gasteiger partial charge >= 0.3 is 0 Å². The van der Waals surface area contributed by atoms with Crippen LogP contribution in [0.3, 0.4) is 0 Å². The first kappa shape index (κ1) is 14.7. The third-order valence-electron chi connectivity index (χ3n) is 3.77. The Kier molecular flexibility index (Phi) is 4.02. The average molecular weight is 302 g/mol. The van der Waals surface area contributed by atoms with Gasteiger partial charge in [-0.1, -0.05) is 66.7 Å². The minimum absolute atomic E-state index is 0.147. The maximum absolute atomic E-state index is 9.29. The number of phenolic OH excluding ortho intramolecular Hbond substituents is 1. The van der Waals surface area contributed by atoms with Crippen molar-refractivity contribution >= 4 is 32.9 Å². The fraction of sp³-hybridized carbons (Fsp3) is 0. The van der Waals surface area contributed by atoms with Crippen LogP contribution in [0, 0.1) is 0 Å². The minimum atomic E-state index is 0.147. The maximum Gasteiger partial charge on any atom is 0.139 e. The molecule has 4 aromatic rings. The highest BCUT2D eigenvalue weighted by atomic mass is 16.3. The number of benzene rings is 4. The Hall–Kier alpha value is -3.20. The van der Waals surface area contributed by atoms with E-state index in [-0.39, 0.29) is 5.75 Å². The molecule has 0 saturated heterocycles. The number of phenols is 1. The Morgan fingerprint density at radius 2 is 1.13 bits per heavy atom. The first-order valence-corrected chi connectivity index (χ1v) is 7.36. The van der Waals surface area contributed by atoms with Gasteiger partial charge in [0.05, 0.1) is 5.69 Å². The summed E-state index contributed by atoms with van der Waals surface area (Å²) >= 11 is 0. The second kappa shape index (κ2) is 6.28. The van der Waals surface area contributed by atoms with Crippen LogP contribution in [0.5, 0.6) is 5.75 Å². The smallest absolute Gasteiger partial charge is 0.139 e. The van der Waals surface area contributed by atoms with Gasteiger partial charge in [-0.2, -0.15) is 0 Å². The van der Waals surface area contributed by atoms with Crippen LogP contribution in [0.25, 0.3) is 21.5 Å². The zero-order valence-corrected chi connectivity index (χ0v) is 12.6. The van der Waals surface area contributed by atoms with E-state index in [4.69, 9.17) is 11.5 Å². The van der Waals surface area contributed by atoms with E-state index in [2.05, 4.69) is 12.1 Å². The molecule has 0 bridgehead atoms. The summed E-state index contributed by atoms with van der Waals surface area (Å²) in [6.07, 6.45) is 0. The van der Waals surface area contributed by atoms with Gasteiger partial charge in [-0.25, -0.2) is 0 Å². The van der Waals surface area contributed by atoms with Crippen molar-refractivity contribution in [2.75, 3.05) is 11.5 Å². The second-order valence-corrected chi connectivity index (χ2v) is 5.29. The molecule has 3 heteroatoms. The Balaban J connectivity index is 0.000000136. The highest BCUT2D eigenvalue weighted by Crippen LogP contribution is 2.28. The Morgan fingerprint density at radius 3 is 1.83 bits per heavy atom. The van der Waals surface area contributed by atoms with Gasteiger partial charge in [-0.05, 0) is 22.9 Å². The SMILES string of the molecule is Nc1c(O)ccc2ccccc12.Nc1cccc2ccccc12. The van der Waals surface area contributed by atoms with Gasteiger partial charge in [0.25, 0.3) is 0 Å². The molecule has 0 aromatic heterocycles. The van der Waals surface area contributed by atoms with Crippen molar-refractivity contribution in [1.82, 2.24) is 0 Å². The number of aromatic hydroxyl groups is 1. The molecule has 4 rings (SSSR count). The molecule has 4 aromatic carbocycles. The molecule has 0 aliphatic carbocycles. The molecule has 0 radical (unpaired) electrons. The van der Waals surface area contributed by atoms with E-state index in [1.165, 1.54) is 5.39 Å². The Morgan fingerprint density at radius 1 is 0.565 bits per heavy atom. The first-order chi connectivity index (χ1) is 11.2. The molecule has 0 amide bonds.